The lowest BCUT2D eigenvalue weighted by Gasteiger charge is -2.43. The minimum absolute atomic E-state index is 0.0641. The van der Waals surface area contributed by atoms with Crippen molar-refractivity contribution in [3.8, 4) is 0 Å². The first-order valence-corrected chi connectivity index (χ1v) is 9.62. The summed E-state index contributed by atoms with van der Waals surface area (Å²) in [5.74, 6) is 0. The standard InChI is InChI=1S/C14H22ClN3O4S/c1-10-12(13(15)18(2)16-10)23(19,20)17-11-3-6-22-14(9-11)4-7-21-8-5-14/h11,17H,3-9H2,1-2H3/t11-/m0/s1. The van der Waals surface area contributed by atoms with Gasteiger partial charge in [0.1, 0.15) is 10.0 Å². The number of ether oxygens (including phenoxy) is 2. The van der Waals surface area contributed by atoms with E-state index >= 15 is 0 Å². The highest BCUT2D eigenvalue weighted by atomic mass is 35.5. The van der Waals surface area contributed by atoms with E-state index in [9.17, 15) is 8.42 Å². The largest absolute Gasteiger partial charge is 0.381 e. The molecule has 9 heteroatoms. The zero-order chi connectivity index (χ0) is 16.7. The predicted octanol–water partition coefficient (Wildman–Crippen LogP) is 1.39. The molecule has 1 N–H and O–H groups in total. The minimum Gasteiger partial charge on any atom is -0.381 e. The first-order valence-electron chi connectivity index (χ1n) is 7.76. The van der Waals surface area contributed by atoms with E-state index in [1.807, 2.05) is 0 Å². The third kappa shape index (κ3) is 3.41. The van der Waals surface area contributed by atoms with E-state index < -0.39 is 10.0 Å². The van der Waals surface area contributed by atoms with Crippen LogP contribution in [-0.4, -0.2) is 49.7 Å². The van der Waals surface area contributed by atoms with Gasteiger partial charge in [0.2, 0.25) is 10.0 Å². The molecule has 0 radical (unpaired) electrons. The maximum absolute atomic E-state index is 12.7. The Labute approximate surface area is 141 Å². The van der Waals surface area contributed by atoms with Crippen LogP contribution in [0.25, 0.3) is 0 Å². The second-order valence-electron chi connectivity index (χ2n) is 6.28. The van der Waals surface area contributed by atoms with E-state index in [0.29, 0.717) is 38.4 Å². The van der Waals surface area contributed by atoms with Crippen LogP contribution in [0.1, 0.15) is 31.4 Å². The topological polar surface area (TPSA) is 82.5 Å². The zero-order valence-corrected chi connectivity index (χ0v) is 14.9. The van der Waals surface area contributed by atoms with Crippen molar-refractivity contribution in [3.63, 3.8) is 0 Å². The van der Waals surface area contributed by atoms with Crippen LogP contribution >= 0.6 is 11.6 Å². The molecule has 0 amide bonds. The molecular formula is C14H22ClN3O4S. The smallest absolute Gasteiger partial charge is 0.245 e. The van der Waals surface area contributed by atoms with Gasteiger partial charge >= 0.3 is 0 Å². The van der Waals surface area contributed by atoms with Crippen molar-refractivity contribution < 1.29 is 17.9 Å². The van der Waals surface area contributed by atoms with E-state index in [1.165, 1.54) is 4.68 Å². The van der Waals surface area contributed by atoms with Gasteiger partial charge in [0.25, 0.3) is 0 Å². The highest BCUT2D eigenvalue weighted by Crippen LogP contribution is 2.35. The molecule has 0 bridgehead atoms. The van der Waals surface area contributed by atoms with Crippen LogP contribution in [0.5, 0.6) is 0 Å². The molecule has 0 aliphatic carbocycles. The van der Waals surface area contributed by atoms with Gasteiger partial charge in [-0.1, -0.05) is 11.6 Å². The summed E-state index contributed by atoms with van der Waals surface area (Å²) in [6.45, 7) is 3.51. The third-order valence-corrected chi connectivity index (χ3v) is 6.80. The van der Waals surface area contributed by atoms with Crippen molar-refractivity contribution in [1.82, 2.24) is 14.5 Å². The van der Waals surface area contributed by atoms with Gasteiger partial charge in [-0.15, -0.1) is 0 Å². The van der Waals surface area contributed by atoms with E-state index in [0.717, 1.165) is 12.8 Å². The van der Waals surface area contributed by atoms with Crippen molar-refractivity contribution in [3.05, 3.63) is 10.8 Å². The van der Waals surface area contributed by atoms with Gasteiger partial charge in [-0.3, -0.25) is 4.68 Å². The molecule has 2 aliphatic heterocycles. The summed E-state index contributed by atoms with van der Waals surface area (Å²) in [4.78, 5) is 0.0641. The molecule has 3 heterocycles. The van der Waals surface area contributed by atoms with Crippen molar-refractivity contribution in [2.45, 2.75) is 49.1 Å². The Morgan fingerprint density at radius 1 is 1.35 bits per heavy atom. The highest BCUT2D eigenvalue weighted by Gasteiger charge is 2.40. The van der Waals surface area contributed by atoms with E-state index in [-0.39, 0.29) is 21.7 Å². The molecule has 130 valence electrons. The van der Waals surface area contributed by atoms with Crippen molar-refractivity contribution >= 4 is 21.6 Å². The maximum Gasteiger partial charge on any atom is 0.245 e. The SMILES string of the molecule is Cc1nn(C)c(Cl)c1S(=O)(=O)N[C@H]1CCOC2(CCOCC2)C1. The van der Waals surface area contributed by atoms with Gasteiger partial charge in [0.05, 0.1) is 11.3 Å². The summed E-state index contributed by atoms with van der Waals surface area (Å²) in [5, 5.41) is 4.21. The Bertz CT molecular complexity index is 677. The lowest BCUT2D eigenvalue weighted by Crippen LogP contribution is -2.51. The number of hydrogen-bond donors (Lipinski definition) is 1. The maximum atomic E-state index is 12.7. The Morgan fingerprint density at radius 3 is 2.65 bits per heavy atom. The van der Waals surface area contributed by atoms with Crippen LogP contribution in [0.2, 0.25) is 5.15 Å². The van der Waals surface area contributed by atoms with Crippen LogP contribution < -0.4 is 4.72 Å². The number of nitrogens with zero attached hydrogens (tertiary/aromatic N) is 2. The number of halogens is 1. The summed E-state index contributed by atoms with van der Waals surface area (Å²) < 4.78 is 40.9. The molecule has 0 aromatic carbocycles. The number of aromatic nitrogens is 2. The zero-order valence-electron chi connectivity index (χ0n) is 13.3. The van der Waals surface area contributed by atoms with Gasteiger partial charge < -0.3 is 9.47 Å². The molecule has 0 unspecified atom stereocenters. The number of nitrogens with one attached hydrogen (secondary N) is 1. The summed E-state index contributed by atoms with van der Waals surface area (Å²) >= 11 is 6.10. The van der Waals surface area contributed by atoms with Gasteiger partial charge in [-0.2, -0.15) is 5.10 Å². The summed E-state index contributed by atoms with van der Waals surface area (Å²) in [7, 11) is -2.08. The Balaban J connectivity index is 1.77. The van der Waals surface area contributed by atoms with Crippen LogP contribution in [0.4, 0.5) is 0 Å². The summed E-state index contributed by atoms with van der Waals surface area (Å²) in [6, 6.07) is -0.164. The molecule has 2 saturated heterocycles. The minimum atomic E-state index is -3.71. The summed E-state index contributed by atoms with van der Waals surface area (Å²) in [5.41, 5.74) is 0.134. The van der Waals surface area contributed by atoms with E-state index in [4.69, 9.17) is 21.1 Å². The van der Waals surface area contributed by atoms with Crippen molar-refractivity contribution in [1.29, 1.82) is 0 Å². The van der Waals surface area contributed by atoms with Gasteiger partial charge in [-0.25, -0.2) is 13.1 Å². The average Bonchev–Trinajstić information content (AvgIpc) is 2.73. The van der Waals surface area contributed by atoms with Crippen LogP contribution in [-0.2, 0) is 26.5 Å². The van der Waals surface area contributed by atoms with E-state index in [1.54, 1.807) is 14.0 Å². The second-order valence-corrected chi connectivity index (χ2v) is 8.29. The Morgan fingerprint density at radius 2 is 2.04 bits per heavy atom. The second kappa shape index (κ2) is 6.33. The van der Waals surface area contributed by atoms with Crippen LogP contribution in [0, 0.1) is 6.92 Å². The monoisotopic (exact) mass is 363 g/mol. The number of aryl methyl sites for hydroxylation is 2. The molecule has 1 atom stereocenters. The molecule has 3 rings (SSSR count). The molecule has 1 aromatic heterocycles. The Kier molecular flexibility index (Phi) is 4.72. The molecule has 0 saturated carbocycles. The quantitative estimate of drug-likeness (QED) is 0.877. The fraction of sp³-hybridized carbons (Fsp3) is 0.786. The lowest BCUT2D eigenvalue weighted by atomic mass is 9.84. The fourth-order valence-corrected chi connectivity index (χ4v) is 5.44. The van der Waals surface area contributed by atoms with Gasteiger partial charge in [-0.05, 0) is 32.6 Å². The van der Waals surface area contributed by atoms with Crippen molar-refractivity contribution in [2.75, 3.05) is 19.8 Å². The molecule has 2 aliphatic rings. The third-order valence-electron chi connectivity index (χ3n) is 4.59. The number of rotatable bonds is 3. The fourth-order valence-electron chi connectivity index (χ4n) is 3.41. The van der Waals surface area contributed by atoms with Gasteiger partial charge in [0.15, 0.2) is 0 Å². The summed E-state index contributed by atoms with van der Waals surface area (Å²) in [6.07, 6.45) is 2.92. The molecule has 1 spiro atoms. The number of hydrogen-bond acceptors (Lipinski definition) is 5. The molecule has 1 aromatic rings. The molecule has 2 fully saturated rings. The molecule has 23 heavy (non-hydrogen) atoms. The molecule has 7 nitrogen and oxygen atoms in total. The number of sulfonamides is 1. The average molecular weight is 364 g/mol. The predicted molar refractivity (Wildman–Crippen MR) is 85.0 cm³/mol. The van der Waals surface area contributed by atoms with Crippen molar-refractivity contribution in [2.24, 2.45) is 7.05 Å². The van der Waals surface area contributed by atoms with Gasteiger partial charge in [0, 0.05) is 32.9 Å². The molecular weight excluding hydrogens is 342 g/mol. The van der Waals surface area contributed by atoms with Crippen LogP contribution in [0.3, 0.4) is 0 Å². The van der Waals surface area contributed by atoms with E-state index in [2.05, 4.69) is 9.82 Å². The Hall–Kier alpha value is -0.670. The first kappa shape index (κ1) is 17.2. The first-order chi connectivity index (χ1) is 10.8. The lowest BCUT2D eigenvalue weighted by molar-refractivity contribution is -0.138. The van der Waals surface area contributed by atoms with Crippen LogP contribution in [0.15, 0.2) is 4.90 Å². The highest BCUT2D eigenvalue weighted by molar-refractivity contribution is 7.89. The normalized spacial score (nSPS) is 24.9.